The van der Waals surface area contributed by atoms with Crippen molar-refractivity contribution in [2.75, 3.05) is 0 Å². The maximum atomic E-state index is 13.0. The Kier molecular flexibility index (Phi) is 3.87. The highest BCUT2D eigenvalue weighted by Gasteiger charge is 2.22. The predicted octanol–water partition coefficient (Wildman–Crippen LogP) is 1.91. The van der Waals surface area contributed by atoms with Gasteiger partial charge < -0.3 is 5.32 Å². The lowest BCUT2D eigenvalue weighted by Gasteiger charge is -2.12. The molecule has 7 heteroatoms. The highest BCUT2D eigenvalue weighted by Crippen LogP contribution is 2.25. The molecule has 0 unspecified atom stereocenters. The quantitative estimate of drug-likeness (QED) is 0.793. The Morgan fingerprint density at radius 2 is 1.96 bits per heavy atom. The summed E-state index contributed by atoms with van der Waals surface area (Å²) in [5.74, 6) is -0.225. The fraction of sp³-hybridized carbons (Fsp3) is 0.125. The molecule has 0 atom stereocenters. The van der Waals surface area contributed by atoms with Crippen LogP contribution in [-0.4, -0.2) is 23.3 Å². The molecule has 23 heavy (non-hydrogen) atoms. The number of pyridine rings is 1. The van der Waals surface area contributed by atoms with Gasteiger partial charge in [-0.25, -0.2) is 12.4 Å². The van der Waals surface area contributed by atoms with Gasteiger partial charge in [0.05, 0.1) is 22.7 Å². The second-order valence-corrected chi connectivity index (χ2v) is 6.85. The van der Waals surface area contributed by atoms with E-state index in [0.29, 0.717) is 16.6 Å². The van der Waals surface area contributed by atoms with Crippen LogP contribution >= 0.6 is 0 Å². The molecule has 1 aromatic carbocycles. The molecule has 0 saturated carbocycles. The van der Waals surface area contributed by atoms with E-state index in [1.165, 1.54) is 10.9 Å². The maximum absolute atomic E-state index is 13.0. The molecule has 0 spiro atoms. The molecular weight excluding hydrogens is 314 g/mol. The van der Waals surface area contributed by atoms with Crippen molar-refractivity contribution in [3.05, 3.63) is 60.6 Å². The van der Waals surface area contributed by atoms with Crippen molar-refractivity contribution in [3.63, 3.8) is 0 Å². The molecule has 6 nitrogen and oxygen atoms in total. The topological polar surface area (TPSA) is 81.1 Å². The third-order valence-corrected chi connectivity index (χ3v) is 5.21. The Labute approximate surface area is 133 Å². The summed E-state index contributed by atoms with van der Waals surface area (Å²) in [6.45, 7) is 1.51. The van der Waals surface area contributed by atoms with E-state index < -0.39 is 10.0 Å². The average molecular weight is 329 g/mol. The summed E-state index contributed by atoms with van der Waals surface area (Å²) in [6.07, 6.45) is 3.14. The monoisotopic (exact) mass is 329 g/mol. The van der Waals surface area contributed by atoms with Crippen molar-refractivity contribution in [2.24, 2.45) is 0 Å². The van der Waals surface area contributed by atoms with Crippen LogP contribution in [0, 0.1) is 0 Å². The number of aromatic nitrogens is 2. The molecule has 0 aliphatic rings. The van der Waals surface area contributed by atoms with Gasteiger partial charge in [0, 0.05) is 24.7 Å². The number of nitrogens with zero attached hydrogens (tertiary/aromatic N) is 2. The number of hydrogen-bond acceptors (Lipinski definition) is 4. The van der Waals surface area contributed by atoms with Crippen LogP contribution < -0.4 is 5.32 Å². The molecule has 3 rings (SSSR count). The minimum atomic E-state index is -3.76. The van der Waals surface area contributed by atoms with E-state index >= 15 is 0 Å². The van der Waals surface area contributed by atoms with E-state index in [2.05, 4.69) is 10.3 Å². The molecule has 1 amide bonds. The Morgan fingerprint density at radius 1 is 1.22 bits per heavy atom. The van der Waals surface area contributed by atoms with Gasteiger partial charge >= 0.3 is 0 Å². The highest BCUT2D eigenvalue weighted by molar-refractivity contribution is 7.90. The van der Waals surface area contributed by atoms with Crippen molar-refractivity contribution in [2.45, 2.75) is 18.4 Å². The Bertz CT molecular complexity index is 963. The number of fused-ring (bicyclic) bond motifs is 1. The SMILES string of the molecule is CC(=O)NCc1cc2cnccc2n1S(=O)(=O)c1ccccc1. The minimum absolute atomic E-state index is 0.121. The van der Waals surface area contributed by atoms with E-state index in [1.54, 1.807) is 54.9 Å². The molecular formula is C16H15N3O3S. The molecule has 2 heterocycles. The van der Waals surface area contributed by atoms with Gasteiger partial charge in [-0.05, 0) is 24.3 Å². The van der Waals surface area contributed by atoms with Crippen LogP contribution in [0.5, 0.6) is 0 Å². The summed E-state index contributed by atoms with van der Waals surface area (Å²) in [5, 5.41) is 3.34. The minimum Gasteiger partial charge on any atom is -0.351 e. The molecule has 1 N–H and O–H groups in total. The normalized spacial score (nSPS) is 11.5. The number of amides is 1. The summed E-state index contributed by atoms with van der Waals surface area (Å²) >= 11 is 0. The first-order valence-electron chi connectivity index (χ1n) is 6.99. The molecule has 2 aromatic heterocycles. The van der Waals surface area contributed by atoms with E-state index in [1.807, 2.05) is 0 Å². The van der Waals surface area contributed by atoms with Crippen LogP contribution in [0.15, 0.2) is 59.8 Å². The second-order valence-electron chi connectivity index (χ2n) is 5.06. The van der Waals surface area contributed by atoms with Crippen LogP contribution in [0.2, 0.25) is 0 Å². The lowest BCUT2D eigenvalue weighted by molar-refractivity contribution is -0.119. The predicted molar refractivity (Wildman–Crippen MR) is 86.3 cm³/mol. The highest BCUT2D eigenvalue weighted by atomic mass is 32.2. The lowest BCUT2D eigenvalue weighted by atomic mass is 10.3. The molecule has 118 valence electrons. The molecule has 0 radical (unpaired) electrons. The standard InChI is InChI=1S/C16H15N3O3S/c1-12(20)18-11-14-9-13-10-17-8-7-16(13)19(14)23(21,22)15-5-3-2-4-6-15/h2-10H,11H2,1H3,(H,18,20). The van der Waals surface area contributed by atoms with Crippen molar-refractivity contribution >= 4 is 26.8 Å². The molecule has 0 fully saturated rings. The van der Waals surface area contributed by atoms with Crippen LogP contribution in [0.3, 0.4) is 0 Å². The number of nitrogens with one attached hydrogen (secondary N) is 1. The van der Waals surface area contributed by atoms with Gasteiger partial charge in [-0.1, -0.05) is 18.2 Å². The van der Waals surface area contributed by atoms with Gasteiger partial charge in [0.25, 0.3) is 10.0 Å². The smallest absolute Gasteiger partial charge is 0.268 e. The first-order chi connectivity index (χ1) is 11.0. The number of hydrogen-bond donors (Lipinski definition) is 1. The van der Waals surface area contributed by atoms with Crippen molar-refractivity contribution in [1.82, 2.24) is 14.3 Å². The summed E-state index contributed by atoms with van der Waals surface area (Å²) < 4.78 is 27.3. The largest absolute Gasteiger partial charge is 0.351 e. The van der Waals surface area contributed by atoms with E-state index in [9.17, 15) is 13.2 Å². The fourth-order valence-electron chi connectivity index (χ4n) is 2.41. The van der Waals surface area contributed by atoms with Crippen LogP contribution in [0.1, 0.15) is 12.6 Å². The van der Waals surface area contributed by atoms with Gasteiger partial charge in [-0.15, -0.1) is 0 Å². The first kappa shape index (κ1) is 15.2. The fourth-order valence-corrected chi connectivity index (χ4v) is 3.97. The van der Waals surface area contributed by atoms with Crippen molar-refractivity contribution in [3.8, 4) is 0 Å². The molecule has 0 saturated heterocycles. The van der Waals surface area contributed by atoms with E-state index in [-0.39, 0.29) is 17.3 Å². The molecule has 0 aliphatic heterocycles. The number of carbonyl (C=O) groups is 1. The maximum Gasteiger partial charge on any atom is 0.268 e. The van der Waals surface area contributed by atoms with Crippen LogP contribution in [0.25, 0.3) is 10.9 Å². The van der Waals surface area contributed by atoms with Gasteiger partial charge in [-0.3, -0.25) is 9.78 Å². The van der Waals surface area contributed by atoms with Gasteiger partial charge in [0.2, 0.25) is 5.91 Å². The zero-order chi connectivity index (χ0) is 16.4. The lowest BCUT2D eigenvalue weighted by Crippen LogP contribution is -2.23. The molecule has 0 bridgehead atoms. The molecule has 3 aromatic rings. The van der Waals surface area contributed by atoms with Gasteiger partial charge in [-0.2, -0.15) is 0 Å². The van der Waals surface area contributed by atoms with E-state index in [4.69, 9.17) is 0 Å². The Morgan fingerprint density at radius 3 is 2.65 bits per heavy atom. The Hall–Kier alpha value is -2.67. The van der Waals surface area contributed by atoms with Gasteiger partial charge in [0.15, 0.2) is 0 Å². The Balaban J connectivity index is 2.22. The number of rotatable bonds is 4. The number of benzene rings is 1. The molecule has 0 aliphatic carbocycles. The summed E-state index contributed by atoms with van der Waals surface area (Å²) in [4.78, 5) is 15.4. The third kappa shape index (κ3) is 2.83. The van der Waals surface area contributed by atoms with Crippen LogP contribution in [-0.2, 0) is 21.4 Å². The second kappa shape index (κ2) is 5.85. The third-order valence-electron chi connectivity index (χ3n) is 3.43. The summed E-state index contributed by atoms with van der Waals surface area (Å²) in [6, 6.07) is 11.6. The zero-order valence-corrected chi connectivity index (χ0v) is 13.2. The summed E-state index contributed by atoms with van der Waals surface area (Å²) in [5.41, 5.74) is 1.01. The number of carbonyl (C=O) groups excluding carboxylic acids is 1. The van der Waals surface area contributed by atoms with Crippen molar-refractivity contribution < 1.29 is 13.2 Å². The van der Waals surface area contributed by atoms with Crippen molar-refractivity contribution in [1.29, 1.82) is 0 Å². The van der Waals surface area contributed by atoms with E-state index in [0.717, 1.165) is 0 Å². The van der Waals surface area contributed by atoms with Crippen LogP contribution in [0.4, 0.5) is 0 Å². The zero-order valence-electron chi connectivity index (χ0n) is 12.4. The van der Waals surface area contributed by atoms with Gasteiger partial charge in [0.1, 0.15) is 0 Å². The average Bonchev–Trinajstić information content (AvgIpc) is 2.93. The first-order valence-corrected chi connectivity index (χ1v) is 8.43. The summed E-state index contributed by atoms with van der Waals surface area (Å²) in [7, 11) is -3.76.